The van der Waals surface area contributed by atoms with Crippen LogP contribution < -0.4 is 0 Å². The molecule has 2 rings (SSSR count). The van der Waals surface area contributed by atoms with Gasteiger partial charge in [0, 0.05) is 23.7 Å². The molecule has 0 saturated heterocycles. The number of hydrogen-bond acceptors (Lipinski definition) is 1. The van der Waals surface area contributed by atoms with Crippen molar-refractivity contribution in [3.8, 4) is 0 Å². The summed E-state index contributed by atoms with van der Waals surface area (Å²) in [5, 5.41) is 0. The predicted molar refractivity (Wildman–Crippen MR) is 59.9 cm³/mol. The first-order chi connectivity index (χ1) is 6.92. The third kappa shape index (κ3) is 2.09. The van der Waals surface area contributed by atoms with E-state index in [1.54, 1.807) is 0 Å². The molecule has 0 bridgehead atoms. The highest BCUT2D eigenvalue weighted by atomic mass is 35.5. The molecule has 1 aliphatic carbocycles. The van der Waals surface area contributed by atoms with Crippen molar-refractivity contribution in [2.75, 3.05) is 5.88 Å². The molecule has 0 aliphatic heterocycles. The van der Waals surface area contributed by atoms with Gasteiger partial charge in [-0.2, -0.15) is 0 Å². The van der Waals surface area contributed by atoms with Crippen LogP contribution in [0.4, 0.5) is 0 Å². The van der Waals surface area contributed by atoms with E-state index < -0.39 is 0 Å². The van der Waals surface area contributed by atoms with Gasteiger partial charge in [-0.05, 0) is 43.7 Å². The topological polar surface area (TPSA) is 12.9 Å². The van der Waals surface area contributed by atoms with Crippen LogP contribution in [0.3, 0.4) is 0 Å². The molecule has 0 N–H and O–H groups in total. The van der Waals surface area contributed by atoms with Gasteiger partial charge in [-0.15, -0.1) is 11.6 Å². The standard InChI is InChI=1S/C12H16ClN/c13-8-2-6-10-4-1-5-11-7-3-9-14-12(10)11/h3,7,9-10H,1-2,4-6,8H2. The average molecular weight is 210 g/mol. The number of hydrogen-bond donors (Lipinski definition) is 0. The molecule has 2 heteroatoms. The number of alkyl halides is 1. The molecule has 0 fully saturated rings. The van der Waals surface area contributed by atoms with Crippen molar-refractivity contribution in [1.29, 1.82) is 0 Å². The molecule has 1 unspecified atom stereocenters. The number of fused-ring (bicyclic) bond motifs is 1. The molecular formula is C12H16ClN. The van der Waals surface area contributed by atoms with E-state index in [-0.39, 0.29) is 0 Å². The Labute approximate surface area is 90.5 Å². The molecule has 0 radical (unpaired) electrons. The zero-order valence-electron chi connectivity index (χ0n) is 8.38. The molecule has 1 aromatic heterocycles. The van der Waals surface area contributed by atoms with Gasteiger partial charge in [0.05, 0.1) is 0 Å². The highest BCUT2D eigenvalue weighted by Crippen LogP contribution is 2.32. The summed E-state index contributed by atoms with van der Waals surface area (Å²) in [4.78, 5) is 4.51. The Morgan fingerprint density at radius 3 is 3.29 bits per heavy atom. The molecule has 0 spiro atoms. The average Bonchev–Trinajstić information content (AvgIpc) is 2.26. The first kappa shape index (κ1) is 9.97. The zero-order valence-corrected chi connectivity index (χ0v) is 9.13. The fraction of sp³-hybridized carbons (Fsp3) is 0.583. The maximum Gasteiger partial charge on any atom is 0.0466 e. The summed E-state index contributed by atoms with van der Waals surface area (Å²) in [6.07, 6.45) is 8.04. The van der Waals surface area contributed by atoms with E-state index in [2.05, 4.69) is 11.1 Å². The van der Waals surface area contributed by atoms with Crippen molar-refractivity contribution in [1.82, 2.24) is 4.98 Å². The second kappa shape index (κ2) is 4.79. The second-order valence-electron chi connectivity index (χ2n) is 3.97. The fourth-order valence-electron chi connectivity index (χ4n) is 2.31. The number of aryl methyl sites for hydroxylation is 1. The van der Waals surface area contributed by atoms with Gasteiger partial charge in [-0.25, -0.2) is 0 Å². The lowest BCUT2D eigenvalue weighted by atomic mass is 9.84. The molecule has 0 amide bonds. The predicted octanol–water partition coefficient (Wildman–Crippen LogP) is 3.52. The van der Waals surface area contributed by atoms with Gasteiger partial charge >= 0.3 is 0 Å². The van der Waals surface area contributed by atoms with E-state index >= 15 is 0 Å². The van der Waals surface area contributed by atoms with E-state index in [9.17, 15) is 0 Å². The van der Waals surface area contributed by atoms with E-state index in [4.69, 9.17) is 11.6 Å². The lowest BCUT2D eigenvalue weighted by Crippen LogP contribution is -2.11. The minimum atomic E-state index is 0.665. The summed E-state index contributed by atoms with van der Waals surface area (Å²) >= 11 is 5.73. The van der Waals surface area contributed by atoms with Gasteiger partial charge in [0.25, 0.3) is 0 Å². The quantitative estimate of drug-likeness (QED) is 0.695. The Balaban J connectivity index is 2.14. The number of nitrogens with zero attached hydrogens (tertiary/aromatic N) is 1. The molecule has 1 heterocycles. The van der Waals surface area contributed by atoms with E-state index in [1.807, 2.05) is 12.3 Å². The van der Waals surface area contributed by atoms with Crippen LogP contribution in [0.15, 0.2) is 18.3 Å². The monoisotopic (exact) mass is 209 g/mol. The van der Waals surface area contributed by atoms with Crippen molar-refractivity contribution in [2.45, 2.75) is 38.0 Å². The summed E-state index contributed by atoms with van der Waals surface area (Å²) in [5.41, 5.74) is 2.79. The molecule has 1 atom stereocenters. The normalized spacial score (nSPS) is 20.5. The van der Waals surface area contributed by atoms with E-state index in [0.29, 0.717) is 5.92 Å². The van der Waals surface area contributed by atoms with Crippen LogP contribution in [0.25, 0.3) is 0 Å². The lowest BCUT2D eigenvalue weighted by Gasteiger charge is -2.23. The van der Waals surface area contributed by atoms with E-state index in [1.165, 1.54) is 36.9 Å². The molecule has 1 nitrogen and oxygen atoms in total. The van der Waals surface area contributed by atoms with Crippen molar-refractivity contribution < 1.29 is 0 Å². The van der Waals surface area contributed by atoms with Crippen LogP contribution in [0.2, 0.25) is 0 Å². The Morgan fingerprint density at radius 1 is 1.50 bits per heavy atom. The third-order valence-corrected chi connectivity index (χ3v) is 3.26. The van der Waals surface area contributed by atoms with Gasteiger partial charge in [-0.1, -0.05) is 6.07 Å². The fourth-order valence-corrected chi connectivity index (χ4v) is 2.46. The van der Waals surface area contributed by atoms with Crippen LogP contribution in [-0.4, -0.2) is 10.9 Å². The highest BCUT2D eigenvalue weighted by molar-refractivity contribution is 6.17. The summed E-state index contributed by atoms with van der Waals surface area (Å²) in [7, 11) is 0. The van der Waals surface area contributed by atoms with Crippen LogP contribution >= 0.6 is 11.6 Å². The molecule has 14 heavy (non-hydrogen) atoms. The molecule has 1 aromatic rings. The largest absolute Gasteiger partial charge is 0.261 e. The molecule has 1 aliphatic rings. The number of halogens is 1. The summed E-state index contributed by atoms with van der Waals surface area (Å²) in [6, 6.07) is 4.26. The lowest BCUT2D eigenvalue weighted by molar-refractivity contribution is 0.502. The first-order valence-electron chi connectivity index (χ1n) is 5.41. The molecule has 0 saturated carbocycles. The number of pyridine rings is 1. The van der Waals surface area contributed by atoms with Crippen LogP contribution in [0, 0.1) is 0 Å². The Hall–Kier alpha value is -0.560. The second-order valence-corrected chi connectivity index (χ2v) is 4.35. The van der Waals surface area contributed by atoms with Gasteiger partial charge in [0.1, 0.15) is 0 Å². The minimum Gasteiger partial charge on any atom is -0.261 e. The molecule has 76 valence electrons. The summed E-state index contributed by atoms with van der Waals surface area (Å²) < 4.78 is 0. The van der Waals surface area contributed by atoms with Crippen molar-refractivity contribution in [3.63, 3.8) is 0 Å². The van der Waals surface area contributed by atoms with Crippen LogP contribution in [0.5, 0.6) is 0 Å². The first-order valence-corrected chi connectivity index (χ1v) is 5.95. The van der Waals surface area contributed by atoms with Crippen LogP contribution in [0.1, 0.15) is 42.9 Å². The minimum absolute atomic E-state index is 0.665. The van der Waals surface area contributed by atoms with Gasteiger partial charge in [-0.3, -0.25) is 4.98 Å². The third-order valence-electron chi connectivity index (χ3n) is 3.00. The SMILES string of the molecule is ClCCCC1CCCc2cccnc21. The van der Waals surface area contributed by atoms with Crippen molar-refractivity contribution in [2.24, 2.45) is 0 Å². The Morgan fingerprint density at radius 2 is 2.43 bits per heavy atom. The number of aromatic nitrogens is 1. The van der Waals surface area contributed by atoms with Crippen molar-refractivity contribution >= 4 is 11.6 Å². The maximum absolute atomic E-state index is 5.73. The summed E-state index contributed by atoms with van der Waals surface area (Å²) in [6.45, 7) is 0. The van der Waals surface area contributed by atoms with Gasteiger partial charge in [0.2, 0.25) is 0 Å². The smallest absolute Gasteiger partial charge is 0.0466 e. The van der Waals surface area contributed by atoms with Crippen LogP contribution in [-0.2, 0) is 6.42 Å². The zero-order chi connectivity index (χ0) is 9.80. The maximum atomic E-state index is 5.73. The van der Waals surface area contributed by atoms with Gasteiger partial charge < -0.3 is 0 Å². The van der Waals surface area contributed by atoms with Crippen molar-refractivity contribution in [3.05, 3.63) is 29.6 Å². The number of rotatable bonds is 3. The van der Waals surface area contributed by atoms with E-state index in [0.717, 1.165) is 12.3 Å². The molecular weight excluding hydrogens is 194 g/mol. The van der Waals surface area contributed by atoms with Gasteiger partial charge in [0.15, 0.2) is 0 Å². The summed E-state index contributed by atoms with van der Waals surface area (Å²) in [5.74, 6) is 1.44. The highest BCUT2D eigenvalue weighted by Gasteiger charge is 2.20. The Kier molecular flexibility index (Phi) is 3.41. The Bertz CT molecular complexity index is 298. The molecule has 0 aromatic carbocycles.